The number of methoxy groups -OCH3 is 2. The zero-order valence-corrected chi connectivity index (χ0v) is 23.3. The normalized spacial score (nSPS) is 13.8. The van der Waals surface area contributed by atoms with Crippen molar-refractivity contribution < 1.29 is 32.9 Å². The van der Waals surface area contributed by atoms with Gasteiger partial charge in [-0.25, -0.2) is 0 Å². The minimum absolute atomic E-state index is 0. The van der Waals surface area contributed by atoms with Crippen molar-refractivity contribution in [3.63, 3.8) is 0 Å². The standard InChI is InChI=1S/C28H40F2N2O5.ClH/c1-19(2)21(15-20-11-12-25(36-4)26(16-20)37-14-8-13-35-3)17-23(31)24(33)18-32-27(34)28(29,30)22-9-6-5-7-10-22;/h5-7,9-12,16,19,21,23-24,33H,8,13-15,17-18,31H2,1-4H3,(H,32,34);1H/t21-,23-,24-;/m0./s1. The molecule has 0 aromatic heterocycles. The van der Waals surface area contributed by atoms with Gasteiger partial charge in [-0.05, 0) is 42.4 Å². The van der Waals surface area contributed by atoms with Crippen LogP contribution in [0.15, 0.2) is 48.5 Å². The molecule has 0 heterocycles. The number of alkyl halides is 2. The van der Waals surface area contributed by atoms with Gasteiger partial charge in [0.05, 0.1) is 19.8 Å². The predicted molar refractivity (Wildman–Crippen MR) is 146 cm³/mol. The molecule has 0 spiro atoms. The highest BCUT2D eigenvalue weighted by Gasteiger charge is 2.40. The van der Waals surface area contributed by atoms with Crippen LogP contribution in [0.3, 0.4) is 0 Å². The molecule has 0 unspecified atom stereocenters. The molecule has 38 heavy (non-hydrogen) atoms. The SMILES string of the molecule is COCCCOc1cc(C[C@@H](C[C@H](N)[C@@H](O)CNC(=O)C(F)(F)c2ccccc2)C(C)C)ccc1OC.Cl. The molecule has 0 aliphatic carbocycles. The molecule has 10 heteroatoms. The van der Waals surface area contributed by atoms with Crippen molar-refractivity contribution in [3.8, 4) is 11.5 Å². The highest BCUT2D eigenvalue weighted by Crippen LogP contribution is 2.31. The molecule has 0 aliphatic rings. The van der Waals surface area contributed by atoms with E-state index in [9.17, 15) is 18.7 Å². The molecule has 0 saturated heterocycles. The van der Waals surface area contributed by atoms with Crippen molar-refractivity contribution in [1.82, 2.24) is 5.32 Å². The van der Waals surface area contributed by atoms with Crippen LogP contribution >= 0.6 is 12.4 Å². The van der Waals surface area contributed by atoms with E-state index in [1.165, 1.54) is 24.3 Å². The molecule has 1 amide bonds. The molecular weight excluding hydrogens is 518 g/mol. The summed E-state index contributed by atoms with van der Waals surface area (Å²) in [6.07, 6.45) is 0.695. The van der Waals surface area contributed by atoms with Crippen LogP contribution in [-0.4, -0.2) is 57.1 Å². The summed E-state index contributed by atoms with van der Waals surface area (Å²) in [4.78, 5) is 12.1. The molecule has 0 radical (unpaired) electrons. The number of hydrogen-bond acceptors (Lipinski definition) is 6. The van der Waals surface area contributed by atoms with Gasteiger partial charge in [-0.1, -0.05) is 50.2 Å². The number of nitrogens with one attached hydrogen (secondary N) is 1. The number of ether oxygens (including phenoxy) is 3. The third kappa shape index (κ3) is 10.0. The average molecular weight is 559 g/mol. The van der Waals surface area contributed by atoms with Crippen LogP contribution < -0.4 is 20.5 Å². The molecule has 2 aromatic rings. The molecule has 0 fully saturated rings. The fourth-order valence-corrected chi connectivity index (χ4v) is 3.99. The number of aliphatic hydroxyl groups is 1. The first-order valence-electron chi connectivity index (χ1n) is 12.5. The molecule has 7 nitrogen and oxygen atoms in total. The molecule has 214 valence electrons. The zero-order chi connectivity index (χ0) is 27.4. The lowest BCUT2D eigenvalue weighted by atomic mass is 9.83. The molecule has 0 bridgehead atoms. The highest BCUT2D eigenvalue weighted by atomic mass is 35.5. The van der Waals surface area contributed by atoms with Gasteiger partial charge < -0.3 is 30.4 Å². The number of carbonyl (C=O) groups excluding carboxylic acids is 1. The lowest BCUT2D eigenvalue weighted by Crippen LogP contribution is -2.47. The second-order valence-electron chi connectivity index (χ2n) is 9.51. The second-order valence-corrected chi connectivity index (χ2v) is 9.51. The summed E-state index contributed by atoms with van der Waals surface area (Å²) in [5.41, 5.74) is 6.86. The Bertz CT molecular complexity index is 966. The summed E-state index contributed by atoms with van der Waals surface area (Å²) < 4.78 is 45.2. The topological polar surface area (TPSA) is 103 Å². The maximum atomic E-state index is 14.4. The summed E-state index contributed by atoms with van der Waals surface area (Å²) >= 11 is 0. The quantitative estimate of drug-likeness (QED) is 0.265. The van der Waals surface area contributed by atoms with Crippen LogP contribution in [0, 0.1) is 11.8 Å². The van der Waals surface area contributed by atoms with Gasteiger partial charge in [-0.3, -0.25) is 4.79 Å². The van der Waals surface area contributed by atoms with E-state index < -0.39 is 29.5 Å². The summed E-state index contributed by atoms with van der Waals surface area (Å²) in [6.45, 7) is 4.86. The van der Waals surface area contributed by atoms with Crippen LogP contribution in [0.5, 0.6) is 11.5 Å². The van der Waals surface area contributed by atoms with E-state index >= 15 is 0 Å². The lowest BCUT2D eigenvalue weighted by molar-refractivity contribution is -0.147. The van der Waals surface area contributed by atoms with Gasteiger partial charge in [-0.2, -0.15) is 8.78 Å². The van der Waals surface area contributed by atoms with Gasteiger partial charge in [0, 0.05) is 38.3 Å². The third-order valence-electron chi connectivity index (χ3n) is 6.38. The predicted octanol–water partition coefficient (Wildman–Crippen LogP) is 4.33. The van der Waals surface area contributed by atoms with E-state index in [2.05, 4.69) is 19.2 Å². The van der Waals surface area contributed by atoms with Gasteiger partial charge in [0.1, 0.15) is 0 Å². The minimum atomic E-state index is -3.71. The third-order valence-corrected chi connectivity index (χ3v) is 6.38. The molecule has 2 rings (SSSR count). The number of aliphatic hydroxyl groups excluding tert-OH is 1. The maximum absolute atomic E-state index is 14.4. The van der Waals surface area contributed by atoms with E-state index in [4.69, 9.17) is 19.9 Å². The fraction of sp³-hybridized carbons (Fsp3) is 0.536. The van der Waals surface area contributed by atoms with Crippen molar-refractivity contribution >= 4 is 18.3 Å². The van der Waals surface area contributed by atoms with Gasteiger partial charge in [-0.15, -0.1) is 12.4 Å². The van der Waals surface area contributed by atoms with Crippen molar-refractivity contribution in [2.75, 3.05) is 34.0 Å². The van der Waals surface area contributed by atoms with Crippen LogP contribution in [0.1, 0.15) is 37.8 Å². The molecule has 0 saturated carbocycles. The summed E-state index contributed by atoms with van der Waals surface area (Å²) in [5.74, 6) is -3.56. The summed E-state index contributed by atoms with van der Waals surface area (Å²) in [7, 11) is 3.23. The van der Waals surface area contributed by atoms with Crippen LogP contribution in [0.25, 0.3) is 0 Å². The van der Waals surface area contributed by atoms with E-state index in [0.717, 1.165) is 12.0 Å². The number of halogens is 3. The Hall–Kier alpha value is -2.46. The van der Waals surface area contributed by atoms with Crippen molar-refractivity contribution in [3.05, 3.63) is 59.7 Å². The van der Waals surface area contributed by atoms with E-state index in [1.807, 2.05) is 18.2 Å². The number of benzene rings is 2. The Morgan fingerprint density at radius 3 is 2.37 bits per heavy atom. The second kappa shape index (κ2) is 16.5. The average Bonchev–Trinajstić information content (AvgIpc) is 2.89. The Labute approximate surface area is 230 Å². The highest BCUT2D eigenvalue weighted by molar-refractivity contribution is 5.85. The van der Waals surface area contributed by atoms with Crippen molar-refractivity contribution in [2.45, 2.75) is 51.2 Å². The Morgan fingerprint density at radius 2 is 1.76 bits per heavy atom. The van der Waals surface area contributed by atoms with Gasteiger partial charge in [0.15, 0.2) is 11.5 Å². The van der Waals surface area contributed by atoms with Crippen LogP contribution in [0.4, 0.5) is 8.78 Å². The van der Waals surface area contributed by atoms with E-state index in [-0.39, 0.29) is 30.8 Å². The first-order valence-corrected chi connectivity index (χ1v) is 12.5. The monoisotopic (exact) mass is 558 g/mol. The number of amides is 1. The molecule has 4 N–H and O–H groups in total. The fourth-order valence-electron chi connectivity index (χ4n) is 3.99. The van der Waals surface area contributed by atoms with E-state index in [1.54, 1.807) is 20.3 Å². The van der Waals surface area contributed by atoms with E-state index in [0.29, 0.717) is 37.6 Å². The number of rotatable bonds is 16. The van der Waals surface area contributed by atoms with Gasteiger partial charge >= 0.3 is 5.92 Å². The first kappa shape index (κ1) is 33.6. The van der Waals surface area contributed by atoms with Crippen molar-refractivity contribution in [2.24, 2.45) is 17.6 Å². The molecule has 2 aromatic carbocycles. The largest absolute Gasteiger partial charge is 0.493 e. The van der Waals surface area contributed by atoms with Crippen LogP contribution in [-0.2, 0) is 21.9 Å². The Balaban J connectivity index is 0.00000722. The smallest absolute Gasteiger partial charge is 0.349 e. The lowest BCUT2D eigenvalue weighted by Gasteiger charge is -2.28. The molecular formula is C28H41ClF2N2O5. The van der Waals surface area contributed by atoms with Gasteiger partial charge in [0.25, 0.3) is 5.91 Å². The van der Waals surface area contributed by atoms with Crippen molar-refractivity contribution in [1.29, 1.82) is 0 Å². The summed E-state index contributed by atoms with van der Waals surface area (Å²) in [5, 5.41) is 12.7. The molecule has 3 atom stereocenters. The molecule has 0 aliphatic heterocycles. The number of carbonyl (C=O) groups is 1. The summed E-state index contributed by atoms with van der Waals surface area (Å²) in [6, 6.07) is 11.9. The maximum Gasteiger partial charge on any atom is 0.349 e. The Kier molecular flexibility index (Phi) is 14.6. The Morgan fingerprint density at radius 1 is 1.08 bits per heavy atom. The minimum Gasteiger partial charge on any atom is -0.493 e. The first-order chi connectivity index (χ1) is 17.6. The number of hydrogen-bond donors (Lipinski definition) is 3. The van der Waals surface area contributed by atoms with Gasteiger partial charge in [0.2, 0.25) is 0 Å². The number of nitrogens with two attached hydrogens (primary N) is 1. The van der Waals surface area contributed by atoms with Crippen LogP contribution in [0.2, 0.25) is 0 Å². The zero-order valence-electron chi connectivity index (χ0n) is 22.5.